The Morgan fingerprint density at radius 2 is 0.964 bits per heavy atom. The van der Waals surface area contributed by atoms with Gasteiger partial charge < -0.3 is 20.1 Å². The number of phosphoric ester groups is 1. The fourth-order valence-electron chi connectivity index (χ4n) is 4.72. The number of allylic oxidation sites excluding steroid dienone is 18. The molecule has 0 aliphatic carbocycles. The molecular weight excluding hydrogens is 713 g/mol. The lowest BCUT2D eigenvalue weighted by Gasteiger charge is -2.19. The highest BCUT2D eigenvalue weighted by atomic mass is 31.2. The number of ether oxygens (including phenoxy) is 2. The molecule has 310 valence electrons. The van der Waals surface area contributed by atoms with Crippen LogP contribution in [-0.4, -0.2) is 49.3 Å². The highest BCUT2D eigenvalue weighted by molar-refractivity contribution is 7.47. The fourth-order valence-corrected chi connectivity index (χ4v) is 5.48. The minimum absolute atomic E-state index is 0.0347. The molecule has 0 aromatic rings. The minimum atomic E-state index is -4.40. The summed E-state index contributed by atoms with van der Waals surface area (Å²) in [6.45, 7) is 3.37. The Kier molecular flexibility index (Phi) is 37.9. The first-order valence-electron chi connectivity index (χ1n) is 20.4. The summed E-state index contributed by atoms with van der Waals surface area (Å²) in [5.41, 5.74) is 5.33. The van der Waals surface area contributed by atoms with E-state index in [-0.39, 0.29) is 32.6 Å². The molecule has 0 aromatic carbocycles. The number of hydrogen-bond donors (Lipinski definition) is 2. The molecule has 0 saturated heterocycles. The van der Waals surface area contributed by atoms with Crippen molar-refractivity contribution in [2.24, 2.45) is 5.73 Å². The maximum atomic E-state index is 12.6. The molecule has 0 spiro atoms. The smallest absolute Gasteiger partial charge is 0.462 e. The summed E-state index contributed by atoms with van der Waals surface area (Å²) >= 11 is 0. The third kappa shape index (κ3) is 40.2. The average molecular weight is 786 g/mol. The summed E-state index contributed by atoms with van der Waals surface area (Å²) in [4.78, 5) is 34.8. The van der Waals surface area contributed by atoms with Crippen LogP contribution in [-0.2, 0) is 32.7 Å². The number of rotatable bonds is 36. The van der Waals surface area contributed by atoms with E-state index in [1.165, 1.54) is 0 Å². The molecule has 3 N–H and O–H groups in total. The van der Waals surface area contributed by atoms with E-state index >= 15 is 0 Å². The number of carbonyl (C=O) groups is 2. The van der Waals surface area contributed by atoms with Gasteiger partial charge in [0.05, 0.1) is 13.2 Å². The Hall–Kier alpha value is -3.33. The molecule has 55 heavy (non-hydrogen) atoms. The highest BCUT2D eigenvalue weighted by Crippen LogP contribution is 2.43. The van der Waals surface area contributed by atoms with E-state index in [4.69, 9.17) is 24.3 Å². The fraction of sp³-hybridized carbons (Fsp3) is 0.556. The van der Waals surface area contributed by atoms with E-state index in [0.29, 0.717) is 12.8 Å². The van der Waals surface area contributed by atoms with Gasteiger partial charge in [-0.2, -0.15) is 0 Å². The summed E-state index contributed by atoms with van der Waals surface area (Å²) in [6, 6.07) is 0. The largest absolute Gasteiger partial charge is 0.472 e. The predicted octanol–water partition coefficient (Wildman–Crippen LogP) is 11.6. The summed E-state index contributed by atoms with van der Waals surface area (Å²) < 4.78 is 32.6. The number of nitrogens with two attached hydrogens (primary N) is 1. The molecule has 2 atom stereocenters. The molecule has 1 unspecified atom stereocenters. The van der Waals surface area contributed by atoms with E-state index in [1.807, 2.05) is 6.08 Å². The third-order valence-corrected chi connectivity index (χ3v) is 8.64. The van der Waals surface area contributed by atoms with Crippen LogP contribution >= 0.6 is 7.82 Å². The second-order valence-corrected chi connectivity index (χ2v) is 14.2. The Morgan fingerprint density at radius 1 is 0.545 bits per heavy atom. The maximum absolute atomic E-state index is 12.6. The van der Waals surface area contributed by atoms with Crippen LogP contribution in [0.1, 0.15) is 129 Å². The lowest BCUT2D eigenvalue weighted by Crippen LogP contribution is -2.29. The summed E-state index contributed by atoms with van der Waals surface area (Å²) in [6.07, 6.45) is 52.7. The van der Waals surface area contributed by atoms with E-state index in [0.717, 1.165) is 89.9 Å². The Balaban J connectivity index is 4.36. The standard InChI is InChI=1S/C45H72NO8P/c1-3-5-7-9-11-13-15-17-19-21-23-25-27-29-31-33-35-37-44(47)51-41-43(42-53-55(49,50)52-40-39-46)54-45(48)38-36-34-32-30-28-26-24-22-20-18-16-14-12-10-8-6-4-2/h5-8,11-14,17-20,23-26,29,31,43H,3-4,9-10,15-16,21-22,27-28,30,32-42,46H2,1-2H3,(H,49,50)/b7-5-,8-6-,13-11-,14-12-,19-17-,20-18-,25-23-,26-24-,31-29-/t43-/m1/s1. The van der Waals surface area contributed by atoms with Gasteiger partial charge in [0.2, 0.25) is 0 Å². The Bertz CT molecular complexity index is 1260. The molecule has 0 bridgehead atoms. The van der Waals surface area contributed by atoms with Crippen LogP contribution in [0, 0.1) is 0 Å². The number of esters is 2. The number of hydrogen-bond acceptors (Lipinski definition) is 8. The first-order chi connectivity index (χ1) is 26.8. The van der Waals surface area contributed by atoms with Crippen LogP contribution in [0.2, 0.25) is 0 Å². The average Bonchev–Trinajstić information content (AvgIpc) is 3.17. The minimum Gasteiger partial charge on any atom is -0.462 e. The van der Waals surface area contributed by atoms with Crippen molar-refractivity contribution in [3.8, 4) is 0 Å². The zero-order valence-electron chi connectivity index (χ0n) is 33.9. The summed E-state index contributed by atoms with van der Waals surface area (Å²) in [5.74, 6) is -0.939. The van der Waals surface area contributed by atoms with Gasteiger partial charge in [0, 0.05) is 19.4 Å². The van der Waals surface area contributed by atoms with Crippen molar-refractivity contribution < 1.29 is 37.6 Å². The predicted molar refractivity (Wildman–Crippen MR) is 228 cm³/mol. The molecule has 0 radical (unpaired) electrons. The Morgan fingerprint density at radius 3 is 1.44 bits per heavy atom. The van der Waals surface area contributed by atoms with Gasteiger partial charge in [0.15, 0.2) is 6.10 Å². The highest BCUT2D eigenvalue weighted by Gasteiger charge is 2.25. The van der Waals surface area contributed by atoms with Crippen LogP contribution in [0.5, 0.6) is 0 Å². The van der Waals surface area contributed by atoms with Gasteiger partial charge in [-0.05, 0) is 89.9 Å². The van der Waals surface area contributed by atoms with E-state index in [2.05, 4.69) is 117 Å². The van der Waals surface area contributed by atoms with Crippen molar-refractivity contribution in [3.63, 3.8) is 0 Å². The van der Waals surface area contributed by atoms with E-state index in [9.17, 15) is 19.0 Å². The molecule has 0 aliphatic heterocycles. The van der Waals surface area contributed by atoms with Gasteiger partial charge in [-0.1, -0.05) is 136 Å². The van der Waals surface area contributed by atoms with Crippen molar-refractivity contribution in [3.05, 3.63) is 109 Å². The van der Waals surface area contributed by atoms with Crippen LogP contribution in [0.25, 0.3) is 0 Å². The van der Waals surface area contributed by atoms with Crippen molar-refractivity contribution >= 4 is 19.8 Å². The second-order valence-electron chi connectivity index (χ2n) is 12.7. The Labute approximate surface area is 333 Å². The van der Waals surface area contributed by atoms with Gasteiger partial charge in [-0.25, -0.2) is 4.57 Å². The molecule has 0 aliphatic rings. The van der Waals surface area contributed by atoms with Gasteiger partial charge >= 0.3 is 19.8 Å². The lowest BCUT2D eigenvalue weighted by atomic mass is 10.1. The topological polar surface area (TPSA) is 134 Å². The first-order valence-corrected chi connectivity index (χ1v) is 21.9. The molecule has 9 nitrogen and oxygen atoms in total. The van der Waals surface area contributed by atoms with Crippen molar-refractivity contribution in [1.82, 2.24) is 0 Å². The van der Waals surface area contributed by atoms with Gasteiger partial charge in [0.25, 0.3) is 0 Å². The van der Waals surface area contributed by atoms with Crippen LogP contribution in [0.3, 0.4) is 0 Å². The zero-order chi connectivity index (χ0) is 40.3. The zero-order valence-corrected chi connectivity index (χ0v) is 34.7. The summed E-state index contributed by atoms with van der Waals surface area (Å²) in [7, 11) is -4.40. The molecule has 0 heterocycles. The van der Waals surface area contributed by atoms with E-state index in [1.54, 1.807) is 0 Å². The molecule has 0 amide bonds. The normalized spacial score (nSPS) is 14.5. The molecule has 0 saturated carbocycles. The maximum Gasteiger partial charge on any atom is 0.472 e. The summed E-state index contributed by atoms with van der Waals surface area (Å²) in [5, 5.41) is 0. The molecule has 10 heteroatoms. The van der Waals surface area contributed by atoms with Crippen molar-refractivity contribution in [2.45, 2.75) is 136 Å². The third-order valence-electron chi connectivity index (χ3n) is 7.65. The van der Waals surface area contributed by atoms with E-state index < -0.39 is 32.5 Å². The van der Waals surface area contributed by atoms with Gasteiger partial charge in [-0.3, -0.25) is 18.6 Å². The quantitative estimate of drug-likeness (QED) is 0.0275. The van der Waals surface area contributed by atoms with Gasteiger partial charge in [-0.15, -0.1) is 0 Å². The molecule has 0 fully saturated rings. The number of phosphoric acid groups is 1. The second kappa shape index (κ2) is 40.3. The van der Waals surface area contributed by atoms with Crippen LogP contribution in [0.4, 0.5) is 0 Å². The monoisotopic (exact) mass is 785 g/mol. The van der Waals surface area contributed by atoms with Crippen LogP contribution < -0.4 is 5.73 Å². The van der Waals surface area contributed by atoms with Crippen molar-refractivity contribution in [1.29, 1.82) is 0 Å². The van der Waals surface area contributed by atoms with Crippen LogP contribution in [0.15, 0.2) is 109 Å². The van der Waals surface area contributed by atoms with Gasteiger partial charge in [0.1, 0.15) is 6.61 Å². The lowest BCUT2D eigenvalue weighted by molar-refractivity contribution is -0.161. The number of carbonyl (C=O) groups excluding carboxylic acids is 2. The molecular formula is C45H72NO8P. The SMILES string of the molecule is CC/C=C\C/C=C\C/C=C\C/C=C\C/C=C\CCCC(=O)OC[C@H](COP(=O)(O)OCCN)OC(=O)CCCCCC/C=C\C/C=C\C/C=C\C/C=C\CC. The first kappa shape index (κ1) is 51.7. The molecule has 0 rings (SSSR count). The molecule has 0 aromatic heterocycles. The van der Waals surface area contributed by atoms with Crippen molar-refractivity contribution in [2.75, 3.05) is 26.4 Å². The number of unbranched alkanes of at least 4 members (excludes halogenated alkanes) is 5.